The van der Waals surface area contributed by atoms with Gasteiger partial charge in [-0.2, -0.15) is 5.26 Å². The van der Waals surface area contributed by atoms with Crippen molar-refractivity contribution in [3.63, 3.8) is 0 Å². The van der Waals surface area contributed by atoms with E-state index in [0.29, 0.717) is 21.7 Å². The Morgan fingerprint density at radius 2 is 2.00 bits per heavy atom. The molecule has 0 amide bonds. The molecule has 0 spiro atoms. The van der Waals surface area contributed by atoms with E-state index in [9.17, 15) is 5.26 Å². The first-order valence-electron chi connectivity index (χ1n) is 6.13. The van der Waals surface area contributed by atoms with E-state index in [1.54, 1.807) is 14.2 Å². The van der Waals surface area contributed by atoms with Gasteiger partial charge in [-0.15, -0.1) is 0 Å². The van der Waals surface area contributed by atoms with Crippen LogP contribution < -0.4 is 14.1 Å². The van der Waals surface area contributed by atoms with Gasteiger partial charge in [0.1, 0.15) is 16.3 Å². The molecule has 0 saturated carbocycles. The Morgan fingerprint density at radius 3 is 2.65 bits per heavy atom. The highest BCUT2D eigenvalue weighted by molar-refractivity contribution is 7.04. The molecule has 1 N–H and O–H groups in total. The topological polar surface area (TPSA) is 71.0 Å². The lowest BCUT2D eigenvalue weighted by molar-refractivity contribution is 0.354. The lowest BCUT2D eigenvalue weighted by Gasteiger charge is -2.20. The van der Waals surface area contributed by atoms with Crippen molar-refractivity contribution in [2.24, 2.45) is 0 Å². The molecule has 5 nitrogen and oxygen atoms in total. The molecule has 1 aromatic heterocycles. The lowest BCUT2D eigenvalue weighted by Crippen LogP contribution is -2.10. The van der Waals surface area contributed by atoms with Crippen LogP contribution in [0, 0.1) is 16.7 Å². The molecular weight excluding hydrogens is 274 g/mol. The van der Waals surface area contributed by atoms with Crippen molar-refractivity contribution < 1.29 is 9.47 Å². The second kappa shape index (κ2) is 4.69. The number of aromatic nitrogens is 1. The van der Waals surface area contributed by atoms with Crippen molar-refractivity contribution in [2.45, 2.75) is 13.0 Å². The molecule has 2 heterocycles. The number of methoxy groups -OCH3 is 2. The van der Waals surface area contributed by atoms with Gasteiger partial charge < -0.3 is 9.47 Å². The lowest BCUT2D eigenvalue weighted by atomic mass is 9.96. The summed E-state index contributed by atoms with van der Waals surface area (Å²) in [5.41, 5.74) is 3.34. The average molecular weight is 287 g/mol. The highest BCUT2D eigenvalue weighted by Crippen LogP contribution is 2.39. The Bertz CT molecular complexity index is 783. The summed E-state index contributed by atoms with van der Waals surface area (Å²) in [6.07, 6.45) is 0.859. The first kappa shape index (κ1) is 12.8. The van der Waals surface area contributed by atoms with Gasteiger partial charge in [0.05, 0.1) is 19.9 Å². The van der Waals surface area contributed by atoms with Crippen LogP contribution in [-0.4, -0.2) is 18.2 Å². The largest absolute Gasteiger partial charge is 0.493 e. The summed E-state index contributed by atoms with van der Waals surface area (Å²) in [6, 6.07) is 5.99. The average Bonchev–Trinajstić information content (AvgIpc) is 2.81. The molecule has 20 heavy (non-hydrogen) atoms. The van der Waals surface area contributed by atoms with Gasteiger partial charge in [0.15, 0.2) is 11.5 Å². The second-order valence-electron chi connectivity index (χ2n) is 4.47. The van der Waals surface area contributed by atoms with Gasteiger partial charge in [-0.05, 0) is 35.6 Å². The van der Waals surface area contributed by atoms with Gasteiger partial charge in [-0.25, -0.2) is 0 Å². The molecule has 1 aromatic carbocycles. The minimum atomic E-state index is 0.310. The van der Waals surface area contributed by atoms with Crippen LogP contribution in [0.25, 0.3) is 11.3 Å². The number of nitriles is 1. The van der Waals surface area contributed by atoms with Crippen LogP contribution in [0.15, 0.2) is 12.1 Å². The fraction of sp³-hybridized carbons (Fsp3) is 0.286. The first-order valence-corrected chi connectivity index (χ1v) is 6.91. The quantitative estimate of drug-likeness (QED) is 0.920. The molecule has 3 rings (SSSR count). The predicted octanol–water partition coefficient (Wildman–Crippen LogP) is 2.14. The van der Waals surface area contributed by atoms with E-state index in [-0.39, 0.29) is 0 Å². The van der Waals surface area contributed by atoms with E-state index >= 15 is 0 Å². The third-order valence-corrected chi connectivity index (χ3v) is 4.45. The molecule has 2 aromatic rings. The molecule has 0 radical (unpaired) electrons. The summed E-state index contributed by atoms with van der Waals surface area (Å²) in [5, 5.41) is 17.2. The normalized spacial score (nSPS) is 12.2. The van der Waals surface area contributed by atoms with E-state index in [1.165, 1.54) is 11.5 Å². The van der Waals surface area contributed by atoms with E-state index in [2.05, 4.69) is 6.07 Å². The number of fused-ring (bicyclic) bond motifs is 3. The Hall–Kier alpha value is -2.26. The predicted molar refractivity (Wildman–Crippen MR) is 75.1 cm³/mol. The zero-order valence-electron chi connectivity index (χ0n) is 11.2. The number of rotatable bonds is 2. The summed E-state index contributed by atoms with van der Waals surface area (Å²) in [6.45, 7) is 0.788. The number of benzene rings is 1. The van der Waals surface area contributed by atoms with Crippen LogP contribution in [0.4, 0.5) is 0 Å². The Morgan fingerprint density at radius 1 is 1.30 bits per heavy atom. The summed E-state index contributed by atoms with van der Waals surface area (Å²) in [5.74, 6) is 1.33. The number of ether oxygens (including phenoxy) is 2. The molecule has 0 unspecified atom stereocenters. The van der Waals surface area contributed by atoms with Gasteiger partial charge >= 0.3 is 0 Å². The van der Waals surface area contributed by atoms with Gasteiger partial charge in [0.2, 0.25) is 0 Å². The molecule has 0 fully saturated rings. The Balaban J connectivity index is 2.31. The molecule has 102 valence electrons. The highest BCUT2D eigenvalue weighted by atomic mass is 32.1. The monoisotopic (exact) mass is 287 g/mol. The van der Waals surface area contributed by atoms with Crippen molar-refractivity contribution in [3.05, 3.63) is 27.9 Å². The van der Waals surface area contributed by atoms with Crippen LogP contribution in [0.1, 0.15) is 11.1 Å². The smallest absolute Gasteiger partial charge is 0.161 e. The maximum atomic E-state index is 9.28. The zero-order chi connectivity index (χ0) is 14.3. The number of hydrogen-bond acceptors (Lipinski definition) is 5. The first-order chi connectivity index (χ1) is 9.69. The van der Waals surface area contributed by atoms with Crippen molar-refractivity contribution >= 4 is 11.5 Å². The molecule has 0 atom stereocenters. The second-order valence-corrected chi connectivity index (χ2v) is 5.50. The van der Waals surface area contributed by atoms with E-state index < -0.39 is 0 Å². The Kier molecular flexibility index (Phi) is 2.99. The van der Waals surface area contributed by atoms with Crippen molar-refractivity contribution in [1.82, 2.24) is 3.96 Å². The third-order valence-electron chi connectivity index (χ3n) is 3.48. The molecular formula is C14H13N3O2S. The highest BCUT2D eigenvalue weighted by Gasteiger charge is 2.24. The van der Waals surface area contributed by atoms with Crippen molar-refractivity contribution in [1.29, 1.82) is 10.7 Å². The van der Waals surface area contributed by atoms with Crippen LogP contribution in [0.3, 0.4) is 0 Å². The molecule has 1 aliphatic heterocycles. The molecule has 0 bridgehead atoms. The van der Waals surface area contributed by atoms with Crippen LogP contribution in [-0.2, 0) is 13.0 Å². The fourth-order valence-electron chi connectivity index (χ4n) is 2.53. The fourth-order valence-corrected chi connectivity index (χ4v) is 3.45. The maximum Gasteiger partial charge on any atom is 0.161 e. The summed E-state index contributed by atoms with van der Waals surface area (Å²) < 4.78 is 13.0. The van der Waals surface area contributed by atoms with Crippen LogP contribution in [0.5, 0.6) is 11.5 Å². The van der Waals surface area contributed by atoms with E-state index in [4.69, 9.17) is 14.9 Å². The van der Waals surface area contributed by atoms with Gasteiger partial charge in [-0.1, -0.05) is 0 Å². The van der Waals surface area contributed by atoms with Crippen LogP contribution >= 0.6 is 11.5 Å². The van der Waals surface area contributed by atoms with E-state index in [0.717, 1.165) is 29.8 Å². The van der Waals surface area contributed by atoms with Gasteiger partial charge in [0.25, 0.3) is 0 Å². The summed E-state index contributed by atoms with van der Waals surface area (Å²) >= 11 is 1.32. The SMILES string of the molecule is COc1cc2c(cc1OC)-c1c(C#N)c(=N)sn1CC2. The van der Waals surface area contributed by atoms with Gasteiger partial charge in [0, 0.05) is 12.1 Å². The zero-order valence-corrected chi connectivity index (χ0v) is 12.0. The van der Waals surface area contributed by atoms with E-state index in [1.807, 2.05) is 16.1 Å². The van der Waals surface area contributed by atoms with Gasteiger partial charge in [-0.3, -0.25) is 9.37 Å². The van der Waals surface area contributed by atoms with Crippen molar-refractivity contribution in [3.8, 4) is 28.8 Å². The number of hydrogen-bond donors (Lipinski definition) is 1. The molecule has 0 aliphatic carbocycles. The minimum absolute atomic E-state index is 0.310. The third kappa shape index (κ3) is 1.71. The standard InChI is InChI=1S/C14H13N3O2S/c1-18-11-5-8-3-4-17-13(9(8)6-12(11)19-2)10(7-15)14(16)20-17/h5-6,16H,3-4H2,1-2H3. The Labute approximate surface area is 120 Å². The number of nitrogens with one attached hydrogen (secondary N) is 1. The number of aryl methyl sites for hydroxylation is 2. The van der Waals surface area contributed by atoms with Crippen molar-refractivity contribution in [2.75, 3.05) is 14.2 Å². The number of nitrogens with zero attached hydrogens (tertiary/aromatic N) is 2. The van der Waals surface area contributed by atoms with Crippen LogP contribution in [0.2, 0.25) is 0 Å². The molecule has 6 heteroatoms. The summed E-state index contributed by atoms with van der Waals surface area (Å²) in [7, 11) is 3.20. The minimum Gasteiger partial charge on any atom is -0.493 e. The summed E-state index contributed by atoms with van der Waals surface area (Å²) in [4.78, 5) is 0. The molecule has 0 saturated heterocycles. The maximum absolute atomic E-state index is 9.28. The molecule has 1 aliphatic rings.